The molecule has 0 amide bonds. The zero-order valence-corrected chi connectivity index (χ0v) is 12.4. The SMILES string of the molecule is CCCNc1nc(C)nc(-c2ccc(C)c(F)c2)c1C. The van der Waals surface area contributed by atoms with Gasteiger partial charge in [0.2, 0.25) is 0 Å². The predicted molar refractivity (Wildman–Crippen MR) is 80.4 cm³/mol. The molecule has 0 saturated carbocycles. The second-order valence-electron chi connectivity index (χ2n) is 4.98. The highest BCUT2D eigenvalue weighted by Crippen LogP contribution is 2.27. The first-order chi connectivity index (χ1) is 9.52. The molecule has 0 aliphatic carbocycles. The zero-order valence-electron chi connectivity index (χ0n) is 12.4. The molecule has 1 aromatic carbocycles. The number of hydrogen-bond donors (Lipinski definition) is 1. The van der Waals surface area contributed by atoms with E-state index in [4.69, 9.17) is 0 Å². The van der Waals surface area contributed by atoms with Crippen molar-refractivity contribution < 1.29 is 4.39 Å². The van der Waals surface area contributed by atoms with Crippen molar-refractivity contribution in [3.63, 3.8) is 0 Å². The smallest absolute Gasteiger partial charge is 0.133 e. The Morgan fingerprint density at radius 3 is 2.55 bits per heavy atom. The van der Waals surface area contributed by atoms with E-state index in [9.17, 15) is 4.39 Å². The molecule has 3 nitrogen and oxygen atoms in total. The molecule has 2 rings (SSSR count). The fourth-order valence-corrected chi connectivity index (χ4v) is 2.07. The highest BCUT2D eigenvalue weighted by atomic mass is 19.1. The number of anilines is 1. The molecule has 2 aromatic rings. The number of aromatic nitrogens is 2. The van der Waals surface area contributed by atoms with Crippen molar-refractivity contribution in [3.05, 3.63) is 41.0 Å². The summed E-state index contributed by atoms with van der Waals surface area (Å²) in [5, 5.41) is 3.29. The van der Waals surface area contributed by atoms with Crippen LogP contribution in [0.25, 0.3) is 11.3 Å². The fourth-order valence-electron chi connectivity index (χ4n) is 2.07. The normalized spacial score (nSPS) is 10.7. The predicted octanol–water partition coefficient (Wildman–Crippen LogP) is 4.03. The van der Waals surface area contributed by atoms with E-state index in [0.717, 1.165) is 35.6 Å². The van der Waals surface area contributed by atoms with Crippen LogP contribution in [0, 0.1) is 26.6 Å². The van der Waals surface area contributed by atoms with Gasteiger partial charge in [-0.05, 0) is 38.8 Å². The second kappa shape index (κ2) is 5.99. The van der Waals surface area contributed by atoms with Crippen molar-refractivity contribution in [2.24, 2.45) is 0 Å². The molecule has 4 heteroatoms. The first-order valence-electron chi connectivity index (χ1n) is 6.88. The number of hydrogen-bond acceptors (Lipinski definition) is 3. The number of aryl methyl sites for hydroxylation is 2. The van der Waals surface area contributed by atoms with Crippen LogP contribution in [0.3, 0.4) is 0 Å². The number of rotatable bonds is 4. The zero-order chi connectivity index (χ0) is 14.7. The Kier molecular flexibility index (Phi) is 4.32. The van der Waals surface area contributed by atoms with Gasteiger partial charge < -0.3 is 5.32 Å². The number of benzene rings is 1. The summed E-state index contributed by atoms with van der Waals surface area (Å²) in [6.45, 7) is 8.53. The number of nitrogens with zero attached hydrogens (tertiary/aromatic N) is 2. The van der Waals surface area contributed by atoms with Crippen LogP contribution in [0.1, 0.15) is 30.3 Å². The average Bonchev–Trinajstić information content (AvgIpc) is 2.42. The molecule has 106 valence electrons. The van der Waals surface area contributed by atoms with Gasteiger partial charge in [0.15, 0.2) is 0 Å². The van der Waals surface area contributed by atoms with Crippen molar-refractivity contribution in [3.8, 4) is 11.3 Å². The molecule has 0 aliphatic rings. The highest BCUT2D eigenvalue weighted by molar-refractivity contribution is 5.68. The van der Waals surface area contributed by atoms with Crippen molar-refractivity contribution in [1.29, 1.82) is 0 Å². The van der Waals surface area contributed by atoms with Gasteiger partial charge in [0.1, 0.15) is 17.5 Å². The first kappa shape index (κ1) is 14.4. The lowest BCUT2D eigenvalue weighted by Crippen LogP contribution is -2.07. The molecule has 0 fully saturated rings. The Balaban J connectivity index is 2.50. The minimum atomic E-state index is -0.207. The van der Waals surface area contributed by atoms with E-state index in [-0.39, 0.29) is 5.82 Å². The maximum atomic E-state index is 13.7. The van der Waals surface area contributed by atoms with Gasteiger partial charge in [-0.1, -0.05) is 19.1 Å². The lowest BCUT2D eigenvalue weighted by molar-refractivity contribution is 0.619. The van der Waals surface area contributed by atoms with Gasteiger partial charge in [-0.25, -0.2) is 14.4 Å². The lowest BCUT2D eigenvalue weighted by atomic mass is 10.0. The molecule has 1 heterocycles. The molecule has 20 heavy (non-hydrogen) atoms. The molecule has 0 atom stereocenters. The van der Waals surface area contributed by atoms with Gasteiger partial charge in [0, 0.05) is 17.7 Å². The molecular weight excluding hydrogens is 253 g/mol. The average molecular weight is 273 g/mol. The minimum Gasteiger partial charge on any atom is -0.370 e. The summed E-state index contributed by atoms with van der Waals surface area (Å²) in [6.07, 6.45) is 1.02. The Bertz CT molecular complexity index is 623. The summed E-state index contributed by atoms with van der Waals surface area (Å²) in [5.41, 5.74) is 3.17. The maximum absolute atomic E-state index is 13.7. The third-order valence-electron chi connectivity index (χ3n) is 3.25. The monoisotopic (exact) mass is 273 g/mol. The summed E-state index contributed by atoms with van der Waals surface area (Å²) in [5.74, 6) is 1.31. The summed E-state index contributed by atoms with van der Waals surface area (Å²) in [4.78, 5) is 8.89. The molecular formula is C16H20FN3. The minimum absolute atomic E-state index is 0.207. The Morgan fingerprint density at radius 1 is 1.15 bits per heavy atom. The molecule has 0 unspecified atom stereocenters. The summed E-state index contributed by atoms with van der Waals surface area (Å²) >= 11 is 0. The second-order valence-corrected chi connectivity index (χ2v) is 4.98. The number of nitrogens with one attached hydrogen (secondary N) is 1. The van der Waals surface area contributed by atoms with E-state index < -0.39 is 0 Å². The molecule has 0 aliphatic heterocycles. The molecule has 1 N–H and O–H groups in total. The number of halogens is 1. The van der Waals surface area contributed by atoms with E-state index in [0.29, 0.717) is 11.4 Å². The summed E-state index contributed by atoms with van der Waals surface area (Å²) in [7, 11) is 0. The topological polar surface area (TPSA) is 37.8 Å². The third kappa shape index (κ3) is 2.95. The molecule has 0 radical (unpaired) electrons. The fraction of sp³-hybridized carbons (Fsp3) is 0.375. The van der Waals surface area contributed by atoms with E-state index in [1.807, 2.05) is 19.9 Å². The van der Waals surface area contributed by atoms with Gasteiger partial charge >= 0.3 is 0 Å². The van der Waals surface area contributed by atoms with E-state index in [1.165, 1.54) is 6.07 Å². The van der Waals surface area contributed by atoms with Crippen molar-refractivity contribution in [2.45, 2.75) is 34.1 Å². The third-order valence-corrected chi connectivity index (χ3v) is 3.25. The van der Waals surface area contributed by atoms with Crippen molar-refractivity contribution in [2.75, 3.05) is 11.9 Å². The largest absolute Gasteiger partial charge is 0.370 e. The van der Waals surface area contributed by atoms with Crippen LogP contribution in [0.4, 0.5) is 10.2 Å². The molecule has 0 bridgehead atoms. The van der Waals surface area contributed by atoms with Crippen LogP contribution in [-0.4, -0.2) is 16.5 Å². The Hall–Kier alpha value is -1.97. The van der Waals surface area contributed by atoms with Crippen molar-refractivity contribution >= 4 is 5.82 Å². The van der Waals surface area contributed by atoms with Crippen LogP contribution < -0.4 is 5.32 Å². The van der Waals surface area contributed by atoms with Crippen LogP contribution in [0.5, 0.6) is 0 Å². The van der Waals surface area contributed by atoms with Gasteiger partial charge in [-0.2, -0.15) is 0 Å². The van der Waals surface area contributed by atoms with E-state index >= 15 is 0 Å². The van der Waals surface area contributed by atoms with Gasteiger partial charge in [-0.15, -0.1) is 0 Å². The van der Waals surface area contributed by atoms with Gasteiger partial charge in [0.25, 0.3) is 0 Å². The summed E-state index contributed by atoms with van der Waals surface area (Å²) < 4.78 is 13.7. The maximum Gasteiger partial charge on any atom is 0.133 e. The van der Waals surface area contributed by atoms with Crippen LogP contribution >= 0.6 is 0 Å². The van der Waals surface area contributed by atoms with Crippen LogP contribution in [0.15, 0.2) is 18.2 Å². The highest BCUT2D eigenvalue weighted by Gasteiger charge is 2.12. The standard InChI is InChI=1S/C16H20FN3/c1-5-8-18-16-11(3)15(19-12(4)20-16)13-7-6-10(2)14(17)9-13/h6-7,9H,5,8H2,1-4H3,(H,18,19,20). The lowest BCUT2D eigenvalue weighted by Gasteiger charge is -2.13. The van der Waals surface area contributed by atoms with Crippen LogP contribution in [0.2, 0.25) is 0 Å². The van der Waals surface area contributed by atoms with E-state index in [1.54, 1.807) is 13.0 Å². The van der Waals surface area contributed by atoms with Crippen LogP contribution in [-0.2, 0) is 0 Å². The van der Waals surface area contributed by atoms with E-state index in [2.05, 4.69) is 22.2 Å². The molecule has 1 aromatic heterocycles. The Morgan fingerprint density at radius 2 is 1.90 bits per heavy atom. The Labute approximate surface area is 119 Å². The first-order valence-corrected chi connectivity index (χ1v) is 6.88. The van der Waals surface area contributed by atoms with Gasteiger partial charge in [-0.3, -0.25) is 0 Å². The van der Waals surface area contributed by atoms with Crippen molar-refractivity contribution in [1.82, 2.24) is 9.97 Å². The van der Waals surface area contributed by atoms with Gasteiger partial charge in [0.05, 0.1) is 5.69 Å². The molecule has 0 saturated heterocycles. The molecule has 0 spiro atoms. The quantitative estimate of drug-likeness (QED) is 0.914. The summed E-state index contributed by atoms with van der Waals surface area (Å²) in [6, 6.07) is 5.21.